The maximum Gasteiger partial charge on any atom is 0.324 e. The lowest BCUT2D eigenvalue weighted by atomic mass is 10.1. The normalized spacial score (nSPS) is 14.6. The standard InChI is InChI=1S/C17H14N3O3/c18-17(21)20-5-4-12-6-13(8-19-16(12)20)11-2-1-3-14(7-11)23-15-9-22-10-15/h1-3,5-8,15H,9-10H2,(H2,18,21). The van der Waals surface area contributed by atoms with Gasteiger partial charge >= 0.3 is 6.03 Å². The molecule has 0 spiro atoms. The van der Waals surface area contributed by atoms with Crippen molar-refractivity contribution in [3.8, 4) is 16.9 Å². The monoisotopic (exact) mass is 308 g/mol. The van der Waals surface area contributed by atoms with Gasteiger partial charge in [-0.3, -0.25) is 4.57 Å². The molecule has 6 heteroatoms. The average molecular weight is 308 g/mol. The number of rotatable bonds is 3. The van der Waals surface area contributed by atoms with Gasteiger partial charge in [0.2, 0.25) is 0 Å². The summed E-state index contributed by atoms with van der Waals surface area (Å²) < 4.78 is 12.2. The minimum atomic E-state index is -0.574. The van der Waals surface area contributed by atoms with Gasteiger partial charge in [-0.1, -0.05) is 12.1 Å². The summed E-state index contributed by atoms with van der Waals surface area (Å²) in [5, 5.41) is 0.736. The quantitative estimate of drug-likeness (QED) is 0.804. The third-order valence-corrected chi connectivity index (χ3v) is 3.76. The zero-order valence-corrected chi connectivity index (χ0v) is 12.2. The zero-order chi connectivity index (χ0) is 15.8. The third kappa shape index (κ3) is 2.53. The number of benzene rings is 1. The van der Waals surface area contributed by atoms with Gasteiger partial charge in [0.1, 0.15) is 17.5 Å². The van der Waals surface area contributed by atoms with Crippen LogP contribution in [0.15, 0.2) is 42.7 Å². The van der Waals surface area contributed by atoms with E-state index in [1.807, 2.05) is 30.3 Å². The number of carbonyl (C=O) groups is 1. The molecule has 1 aromatic carbocycles. The maximum absolute atomic E-state index is 11.3. The van der Waals surface area contributed by atoms with Crippen LogP contribution in [0.4, 0.5) is 4.79 Å². The molecule has 6 nitrogen and oxygen atoms in total. The second kappa shape index (κ2) is 5.40. The number of nitrogens with two attached hydrogens (primary N) is 1. The highest BCUT2D eigenvalue weighted by atomic mass is 16.6. The third-order valence-electron chi connectivity index (χ3n) is 3.76. The van der Waals surface area contributed by atoms with Crippen molar-refractivity contribution in [3.05, 3.63) is 48.8 Å². The Morgan fingerprint density at radius 2 is 2.22 bits per heavy atom. The van der Waals surface area contributed by atoms with Gasteiger partial charge in [0.15, 0.2) is 0 Å². The molecule has 1 radical (unpaired) electrons. The molecule has 1 saturated heterocycles. The van der Waals surface area contributed by atoms with Crippen molar-refractivity contribution in [1.82, 2.24) is 9.55 Å². The minimum Gasteiger partial charge on any atom is -0.486 e. The number of ether oxygens (including phenoxy) is 2. The van der Waals surface area contributed by atoms with Crippen molar-refractivity contribution < 1.29 is 14.3 Å². The second-order valence-electron chi connectivity index (χ2n) is 5.38. The molecule has 0 aliphatic carbocycles. The molecule has 1 aliphatic rings. The summed E-state index contributed by atoms with van der Waals surface area (Å²) in [4.78, 5) is 15.6. The topological polar surface area (TPSA) is 79.4 Å². The van der Waals surface area contributed by atoms with Gasteiger partial charge in [0, 0.05) is 29.4 Å². The zero-order valence-electron chi connectivity index (χ0n) is 12.2. The lowest BCUT2D eigenvalue weighted by molar-refractivity contribution is -0.0796. The SMILES string of the molecule is NC(=O)n1c[c]c2cc(-c3cccc(OC4COC4)c3)cnc21. The average Bonchev–Trinajstić information content (AvgIpc) is 2.94. The molecule has 2 N–H and O–H groups in total. The van der Waals surface area contributed by atoms with E-state index in [0.717, 1.165) is 22.3 Å². The molecular formula is C17H14N3O3. The van der Waals surface area contributed by atoms with Crippen LogP contribution in [0.2, 0.25) is 0 Å². The van der Waals surface area contributed by atoms with Crippen molar-refractivity contribution in [1.29, 1.82) is 0 Å². The predicted octanol–water partition coefficient (Wildman–Crippen LogP) is 2.21. The first-order valence-corrected chi connectivity index (χ1v) is 7.24. The first-order valence-electron chi connectivity index (χ1n) is 7.24. The molecule has 4 rings (SSSR count). The molecule has 1 amide bonds. The number of primary amides is 1. The molecule has 1 fully saturated rings. The Hall–Kier alpha value is -2.86. The van der Waals surface area contributed by atoms with E-state index in [2.05, 4.69) is 11.1 Å². The van der Waals surface area contributed by atoms with Crippen molar-refractivity contribution >= 4 is 17.1 Å². The molecular weight excluding hydrogens is 294 g/mol. The molecule has 3 aromatic rings. The highest BCUT2D eigenvalue weighted by molar-refractivity contribution is 5.90. The van der Waals surface area contributed by atoms with E-state index in [4.69, 9.17) is 15.2 Å². The van der Waals surface area contributed by atoms with Crippen LogP contribution in [0.1, 0.15) is 0 Å². The Labute approximate surface area is 132 Å². The van der Waals surface area contributed by atoms with Crippen LogP contribution in [-0.4, -0.2) is 34.9 Å². The number of hydrogen-bond donors (Lipinski definition) is 1. The first kappa shape index (κ1) is 13.8. The van der Waals surface area contributed by atoms with Crippen LogP contribution >= 0.6 is 0 Å². The number of hydrogen-bond acceptors (Lipinski definition) is 4. The highest BCUT2D eigenvalue weighted by Crippen LogP contribution is 2.27. The van der Waals surface area contributed by atoms with E-state index in [-0.39, 0.29) is 6.10 Å². The van der Waals surface area contributed by atoms with Crippen LogP contribution in [-0.2, 0) is 4.74 Å². The Kier molecular flexibility index (Phi) is 3.24. The Balaban J connectivity index is 1.68. The summed E-state index contributed by atoms with van der Waals surface area (Å²) in [5.74, 6) is 0.801. The van der Waals surface area contributed by atoms with E-state index in [0.29, 0.717) is 18.9 Å². The minimum absolute atomic E-state index is 0.129. The van der Waals surface area contributed by atoms with Crippen LogP contribution < -0.4 is 10.5 Å². The summed E-state index contributed by atoms with van der Waals surface area (Å²) in [5.41, 5.74) is 7.70. The largest absolute Gasteiger partial charge is 0.486 e. The van der Waals surface area contributed by atoms with Crippen LogP contribution in [0, 0.1) is 6.07 Å². The summed E-state index contributed by atoms with van der Waals surface area (Å²) in [7, 11) is 0. The Morgan fingerprint density at radius 3 is 2.96 bits per heavy atom. The molecule has 0 atom stereocenters. The lowest BCUT2D eigenvalue weighted by Crippen LogP contribution is -2.38. The van der Waals surface area contributed by atoms with Crippen molar-refractivity contribution in [2.24, 2.45) is 5.73 Å². The van der Waals surface area contributed by atoms with Crippen LogP contribution in [0.3, 0.4) is 0 Å². The van der Waals surface area contributed by atoms with E-state index in [1.165, 1.54) is 10.8 Å². The van der Waals surface area contributed by atoms with E-state index < -0.39 is 6.03 Å². The number of carbonyl (C=O) groups excluding carboxylic acids is 1. The Morgan fingerprint density at radius 1 is 1.35 bits per heavy atom. The van der Waals surface area contributed by atoms with Gasteiger partial charge in [-0.25, -0.2) is 9.78 Å². The van der Waals surface area contributed by atoms with E-state index in [1.54, 1.807) is 6.20 Å². The van der Waals surface area contributed by atoms with Crippen molar-refractivity contribution in [2.45, 2.75) is 6.10 Å². The van der Waals surface area contributed by atoms with E-state index in [9.17, 15) is 4.79 Å². The number of nitrogens with zero attached hydrogens (tertiary/aromatic N) is 2. The number of aromatic nitrogens is 2. The summed E-state index contributed by atoms with van der Waals surface area (Å²) in [6.07, 6.45) is 3.34. The number of amides is 1. The summed E-state index contributed by atoms with van der Waals surface area (Å²) in [6, 6.07) is 12.2. The van der Waals surface area contributed by atoms with Crippen molar-refractivity contribution in [2.75, 3.05) is 13.2 Å². The highest BCUT2D eigenvalue weighted by Gasteiger charge is 2.20. The van der Waals surface area contributed by atoms with E-state index >= 15 is 0 Å². The molecule has 115 valence electrons. The summed E-state index contributed by atoms with van der Waals surface area (Å²) >= 11 is 0. The number of fused-ring (bicyclic) bond motifs is 1. The van der Waals surface area contributed by atoms with Gasteiger partial charge in [0.05, 0.1) is 13.2 Å². The van der Waals surface area contributed by atoms with Gasteiger partial charge in [-0.15, -0.1) is 0 Å². The van der Waals surface area contributed by atoms with Gasteiger partial charge < -0.3 is 15.2 Å². The molecule has 0 saturated carbocycles. The van der Waals surface area contributed by atoms with Gasteiger partial charge in [-0.05, 0) is 23.8 Å². The van der Waals surface area contributed by atoms with Gasteiger partial charge in [-0.2, -0.15) is 0 Å². The molecule has 0 unspecified atom stereocenters. The number of pyridine rings is 1. The smallest absolute Gasteiger partial charge is 0.324 e. The molecule has 1 aliphatic heterocycles. The summed E-state index contributed by atoms with van der Waals surface area (Å²) in [6.45, 7) is 1.26. The molecule has 3 heterocycles. The fourth-order valence-electron chi connectivity index (χ4n) is 2.50. The molecule has 2 aromatic heterocycles. The lowest BCUT2D eigenvalue weighted by Gasteiger charge is -2.26. The van der Waals surface area contributed by atoms with Gasteiger partial charge in [0.25, 0.3) is 0 Å². The van der Waals surface area contributed by atoms with Crippen LogP contribution in [0.25, 0.3) is 22.2 Å². The van der Waals surface area contributed by atoms with Crippen LogP contribution in [0.5, 0.6) is 5.75 Å². The first-order chi connectivity index (χ1) is 11.2. The van der Waals surface area contributed by atoms with Crippen molar-refractivity contribution in [3.63, 3.8) is 0 Å². The second-order valence-corrected chi connectivity index (χ2v) is 5.38. The molecule has 23 heavy (non-hydrogen) atoms. The maximum atomic E-state index is 11.3. The molecule has 0 bridgehead atoms. The Bertz CT molecular complexity index is 884. The predicted molar refractivity (Wildman–Crippen MR) is 84.2 cm³/mol. The fraction of sp³-hybridized carbons (Fsp3) is 0.176. The fourth-order valence-corrected chi connectivity index (χ4v) is 2.50.